The van der Waals surface area contributed by atoms with Gasteiger partial charge in [0.15, 0.2) is 0 Å². The van der Waals surface area contributed by atoms with Crippen LogP contribution in [0.2, 0.25) is 5.15 Å². The smallest absolute Gasteiger partial charge is 0.336 e. The molecule has 150 valence electrons. The maximum Gasteiger partial charge on any atom is 0.416 e. The van der Waals surface area contributed by atoms with E-state index in [9.17, 15) is 26.4 Å². The van der Waals surface area contributed by atoms with Gasteiger partial charge in [0, 0.05) is 32.4 Å². The van der Waals surface area contributed by atoms with E-state index in [-0.39, 0.29) is 47.7 Å². The van der Waals surface area contributed by atoms with Crippen molar-refractivity contribution >= 4 is 27.5 Å². The zero-order chi connectivity index (χ0) is 20.5. The molecule has 1 aromatic carbocycles. The van der Waals surface area contributed by atoms with Gasteiger partial charge in [-0.3, -0.25) is 4.79 Å². The summed E-state index contributed by atoms with van der Waals surface area (Å²) in [5.74, 6) is -0.357. The Hall–Kier alpha value is -2.17. The summed E-state index contributed by atoms with van der Waals surface area (Å²) >= 11 is 5.92. The molecule has 2 aromatic rings. The minimum Gasteiger partial charge on any atom is -0.336 e. The first-order chi connectivity index (χ1) is 13.1. The number of piperazine rings is 1. The Morgan fingerprint density at radius 1 is 1.04 bits per heavy atom. The lowest BCUT2D eigenvalue weighted by Gasteiger charge is -2.34. The van der Waals surface area contributed by atoms with E-state index in [0.29, 0.717) is 0 Å². The highest BCUT2D eigenvalue weighted by atomic mass is 35.5. The number of benzene rings is 1. The Kier molecular flexibility index (Phi) is 5.64. The molecule has 28 heavy (non-hydrogen) atoms. The normalized spacial score (nSPS) is 16.2. The summed E-state index contributed by atoms with van der Waals surface area (Å²) in [6.45, 7) is 0.299. The van der Waals surface area contributed by atoms with Crippen LogP contribution in [0, 0.1) is 0 Å². The first-order valence-corrected chi connectivity index (χ1v) is 10.00. The van der Waals surface area contributed by atoms with E-state index in [1.165, 1.54) is 17.2 Å². The van der Waals surface area contributed by atoms with E-state index >= 15 is 0 Å². The number of nitrogens with zero attached hydrogens (tertiary/aromatic N) is 3. The zero-order valence-electron chi connectivity index (χ0n) is 14.4. The standard InChI is InChI=1S/C17H15ClF3N3O3S/c18-15-14(2-1-7-22-15)16(25)23-8-10-24(11-9-23)28(26,27)13-5-3-12(4-6-13)17(19,20)21/h1-7H,8-11H2. The van der Waals surface area contributed by atoms with E-state index < -0.39 is 21.8 Å². The Labute approximate surface area is 164 Å². The van der Waals surface area contributed by atoms with Crippen molar-refractivity contribution in [1.82, 2.24) is 14.2 Å². The molecule has 1 aliphatic heterocycles. The second kappa shape index (κ2) is 7.69. The molecule has 0 aliphatic carbocycles. The zero-order valence-corrected chi connectivity index (χ0v) is 15.9. The van der Waals surface area contributed by atoms with Gasteiger partial charge in [0.05, 0.1) is 16.0 Å². The molecule has 0 unspecified atom stereocenters. The lowest BCUT2D eigenvalue weighted by atomic mass is 10.2. The molecule has 0 saturated carbocycles. The Bertz CT molecular complexity index is 973. The molecule has 1 aliphatic rings. The molecule has 1 fully saturated rings. The molecule has 2 heterocycles. The Morgan fingerprint density at radius 2 is 1.64 bits per heavy atom. The summed E-state index contributed by atoms with van der Waals surface area (Å²) in [6, 6.07) is 6.44. The third-order valence-electron chi connectivity index (χ3n) is 4.33. The van der Waals surface area contributed by atoms with E-state index in [2.05, 4.69) is 4.98 Å². The van der Waals surface area contributed by atoms with E-state index in [4.69, 9.17) is 11.6 Å². The third-order valence-corrected chi connectivity index (χ3v) is 6.55. The van der Waals surface area contributed by atoms with E-state index in [0.717, 1.165) is 28.6 Å². The highest BCUT2D eigenvalue weighted by Crippen LogP contribution is 2.30. The van der Waals surface area contributed by atoms with Crippen molar-refractivity contribution in [3.8, 4) is 0 Å². The van der Waals surface area contributed by atoms with Crippen LogP contribution in [-0.2, 0) is 16.2 Å². The molecule has 0 bridgehead atoms. The first kappa shape index (κ1) is 20.6. The Balaban J connectivity index is 1.70. The van der Waals surface area contributed by atoms with Crippen LogP contribution in [0.15, 0.2) is 47.5 Å². The summed E-state index contributed by atoms with van der Waals surface area (Å²) in [6.07, 6.45) is -3.09. The lowest BCUT2D eigenvalue weighted by molar-refractivity contribution is -0.137. The highest BCUT2D eigenvalue weighted by molar-refractivity contribution is 7.89. The number of halogens is 4. The minimum absolute atomic E-state index is 0.0208. The van der Waals surface area contributed by atoms with Gasteiger partial charge in [-0.1, -0.05) is 11.6 Å². The molecule has 0 atom stereocenters. The average molecular weight is 434 g/mol. The molecule has 1 saturated heterocycles. The van der Waals surface area contributed by atoms with Crippen molar-refractivity contribution in [3.05, 3.63) is 58.9 Å². The second-order valence-corrected chi connectivity index (χ2v) is 8.36. The topological polar surface area (TPSA) is 70.6 Å². The van der Waals surface area contributed by atoms with Crippen LogP contribution in [0.5, 0.6) is 0 Å². The molecule has 11 heteroatoms. The molecular formula is C17H15ClF3N3O3S. The maximum atomic E-state index is 12.7. The van der Waals surface area contributed by atoms with Crippen LogP contribution in [0.3, 0.4) is 0 Å². The summed E-state index contributed by atoms with van der Waals surface area (Å²) in [5.41, 5.74) is -0.696. The summed E-state index contributed by atoms with van der Waals surface area (Å²) in [7, 11) is -3.96. The average Bonchev–Trinajstić information content (AvgIpc) is 2.67. The number of sulfonamides is 1. The maximum absolute atomic E-state index is 12.7. The quantitative estimate of drug-likeness (QED) is 0.698. The van der Waals surface area contributed by atoms with Crippen LogP contribution in [0.4, 0.5) is 13.2 Å². The third kappa shape index (κ3) is 4.13. The fourth-order valence-electron chi connectivity index (χ4n) is 2.81. The van der Waals surface area contributed by atoms with Crippen molar-refractivity contribution in [2.75, 3.05) is 26.2 Å². The predicted molar refractivity (Wildman–Crippen MR) is 95.4 cm³/mol. The minimum atomic E-state index is -4.54. The fraction of sp³-hybridized carbons (Fsp3) is 0.294. The van der Waals surface area contributed by atoms with Crippen LogP contribution in [-0.4, -0.2) is 54.7 Å². The van der Waals surface area contributed by atoms with Crippen molar-refractivity contribution in [3.63, 3.8) is 0 Å². The monoisotopic (exact) mass is 433 g/mol. The molecule has 3 rings (SSSR count). The van der Waals surface area contributed by atoms with Crippen molar-refractivity contribution in [2.45, 2.75) is 11.1 Å². The van der Waals surface area contributed by atoms with Gasteiger partial charge in [0.2, 0.25) is 10.0 Å². The number of amides is 1. The molecule has 0 spiro atoms. The van der Waals surface area contributed by atoms with Crippen LogP contribution < -0.4 is 0 Å². The van der Waals surface area contributed by atoms with Gasteiger partial charge in [0.1, 0.15) is 5.15 Å². The van der Waals surface area contributed by atoms with Gasteiger partial charge in [0.25, 0.3) is 5.91 Å². The predicted octanol–water partition coefficient (Wildman–Crippen LogP) is 2.90. The largest absolute Gasteiger partial charge is 0.416 e. The van der Waals surface area contributed by atoms with E-state index in [1.54, 1.807) is 6.07 Å². The molecule has 6 nitrogen and oxygen atoms in total. The second-order valence-electron chi connectivity index (χ2n) is 6.06. The number of carbonyl (C=O) groups excluding carboxylic acids is 1. The van der Waals surface area contributed by atoms with Gasteiger partial charge < -0.3 is 4.90 Å². The SMILES string of the molecule is O=C(c1cccnc1Cl)N1CCN(S(=O)(=O)c2ccc(C(F)(F)F)cc2)CC1. The van der Waals surface area contributed by atoms with Crippen molar-refractivity contribution in [2.24, 2.45) is 0 Å². The van der Waals surface area contributed by atoms with Crippen LogP contribution in [0.1, 0.15) is 15.9 Å². The molecule has 0 N–H and O–H groups in total. The van der Waals surface area contributed by atoms with Gasteiger partial charge >= 0.3 is 6.18 Å². The number of pyridine rings is 1. The van der Waals surface area contributed by atoms with E-state index in [1.807, 2.05) is 0 Å². The van der Waals surface area contributed by atoms with Crippen molar-refractivity contribution in [1.29, 1.82) is 0 Å². The van der Waals surface area contributed by atoms with Gasteiger partial charge in [-0.2, -0.15) is 17.5 Å². The van der Waals surface area contributed by atoms with Crippen LogP contribution >= 0.6 is 11.6 Å². The Morgan fingerprint density at radius 3 is 2.18 bits per heavy atom. The summed E-state index contributed by atoms with van der Waals surface area (Å²) in [4.78, 5) is 17.6. The first-order valence-electron chi connectivity index (χ1n) is 8.18. The molecule has 0 radical (unpaired) electrons. The molecule has 1 aromatic heterocycles. The summed E-state index contributed by atoms with van der Waals surface area (Å²) in [5, 5.41) is 0.0623. The van der Waals surface area contributed by atoms with Crippen LogP contribution in [0.25, 0.3) is 0 Å². The van der Waals surface area contributed by atoms with Gasteiger partial charge in [-0.05, 0) is 36.4 Å². The number of aromatic nitrogens is 1. The lowest BCUT2D eigenvalue weighted by Crippen LogP contribution is -2.50. The molecular weight excluding hydrogens is 419 g/mol. The molecule has 1 amide bonds. The van der Waals surface area contributed by atoms with Crippen molar-refractivity contribution < 1.29 is 26.4 Å². The van der Waals surface area contributed by atoms with Gasteiger partial charge in [-0.25, -0.2) is 13.4 Å². The number of hydrogen-bond acceptors (Lipinski definition) is 4. The summed E-state index contributed by atoms with van der Waals surface area (Å²) < 4.78 is 64.4. The highest BCUT2D eigenvalue weighted by Gasteiger charge is 2.33. The number of carbonyl (C=O) groups is 1. The number of rotatable bonds is 3. The fourth-order valence-corrected chi connectivity index (χ4v) is 4.43. The van der Waals surface area contributed by atoms with Gasteiger partial charge in [-0.15, -0.1) is 0 Å². The number of alkyl halides is 3. The number of hydrogen-bond donors (Lipinski definition) is 0.